The first-order chi connectivity index (χ1) is 16.4. The summed E-state index contributed by atoms with van der Waals surface area (Å²) in [6, 6.07) is 13.0. The number of ether oxygens (including phenoxy) is 1. The molecule has 2 aliphatic carbocycles. The lowest BCUT2D eigenvalue weighted by Gasteiger charge is -2.26. The van der Waals surface area contributed by atoms with E-state index in [-0.39, 0.29) is 30.1 Å². The second kappa shape index (κ2) is 8.85. The van der Waals surface area contributed by atoms with Crippen molar-refractivity contribution in [2.45, 2.75) is 18.9 Å². The predicted octanol–water partition coefficient (Wildman–Crippen LogP) is 2.73. The van der Waals surface area contributed by atoms with Gasteiger partial charge in [0.25, 0.3) is 5.91 Å². The largest absolute Gasteiger partial charge is 0.454 e. The number of nitrogens with zero attached hydrogens (tertiary/aromatic N) is 1. The van der Waals surface area contributed by atoms with Crippen molar-refractivity contribution < 1.29 is 28.3 Å². The molecule has 2 aromatic carbocycles. The zero-order valence-corrected chi connectivity index (χ0v) is 18.2. The first kappa shape index (κ1) is 22.0. The number of hydrogen-bond donors (Lipinski definition) is 1. The van der Waals surface area contributed by atoms with Gasteiger partial charge < -0.3 is 10.1 Å². The number of carbonyl (C=O) groups excluding carboxylic acids is 4. The van der Waals surface area contributed by atoms with Crippen LogP contribution in [0.5, 0.6) is 0 Å². The normalized spacial score (nSPS) is 25.4. The molecule has 8 heteroatoms. The average molecular weight is 462 g/mol. The van der Waals surface area contributed by atoms with Gasteiger partial charge in [0.05, 0.1) is 11.8 Å². The van der Waals surface area contributed by atoms with Gasteiger partial charge >= 0.3 is 5.97 Å². The van der Waals surface area contributed by atoms with Crippen LogP contribution in [0.25, 0.3) is 0 Å². The number of fused-ring (bicyclic) bond motifs is 5. The van der Waals surface area contributed by atoms with Crippen molar-refractivity contribution in [2.24, 2.45) is 23.7 Å². The minimum atomic E-state index is -1.16. The molecule has 1 aliphatic heterocycles. The number of carbonyl (C=O) groups is 4. The fourth-order valence-electron chi connectivity index (χ4n) is 5.31. The number of likely N-dealkylation sites (tertiary alicyclic amines) is 1. The Bertz CT molecular complexity index is 1130. The summed E-state index contributed by atoms with van der Waals surface area (Å²) in [5, 5.41) is 2.51. The van der Waals surface area contributed by atoms with Crippen LogP contribution in [0.4, 0.5) is 10.1 Å². The molecule has 1 saturated heterocycles. The number of nitrogens with one attached hydrogen (secondary N) is 1. The standard InChI is InChI=1S/C26H23FN2O5/c27-18-8-10-19(11-9-18)28-21(30)14-34-26(33)20(12-15-4-2-1-3-5-15)29-24(31)22-16-6-7-17(13-16)23(22)25(29)32/h1-11,16-17,20,22-23H,12-14H2,(H,28,30)/t16-,17-,20+,22-,23+/m0/s1. The first-order valence-corrected chi connectivity index (χ1v) is 11.2. The van der Waals surface area contributed by atoms with Gasteiger partial charge in [0.1, 0.15) is 11.9 Å². The second-order valence-electron chi connectivity index (χ2n) is 8.91. The highest BCUT2D eigenvalue weighted by atomic mass is 19.1. The zero-order valence-electron chi connectivity index (χ0n) is 18.2. The third-order valence-electron chi connectivity index (χ3n) is 6.83. The number of amides is 3. The van der Waals surface area contributed by atoms with Gasteiger partial charge in [-0.3, -0.25) is 19.3 Å². The highest BCUT2D eigenvalue weighted by Gasteiger charge is 2.61. The summed E-state index contributed by atoms with van der Waals surface area (Å²) in [6.45, 7) is -0.600. The van der Waals surface area contributed by atoms with Gasteiger partial charge in [-0.2, -0.15) is 0 Å². The fourth-order valence-corrected chi connectivity index (χ4v) is 5.31. The van der Waals surface area contributed by atoms with Crippen LogP contribution in [0, 0.1) is 29.5 Å². The Morgan fingerprint density at radius 2 is 1.59 bits per heavy atom. The monoisotopic (exact) mass is 462 g/mol. The van der Waals surface area contributed by atoms with Crippen molar-refractivity contribution in [3.63, 3.8) is 0 Å². The van der Waals surface area contributed by atoms with Crippen molar-refractivity contribution in [1.29, 1.82) is 0 Å². The van der Waals surface area contributed by atoms with Crippen molar-refractivity contribution in [3.05, 3.63) is 78.1 Å². The Kier molecular flexibility index (Phi) is 5.73. The van der Waals surface area contributed by atoms with Gasteiger partial charge in [0.15, 0.2) is 6.61 Å². The molecule has 1 N–H and O–H groups in total. The van der Waals surface area contributed by atoms with Crippen LogP contribution in [-0.2, 0) is 30.3 Å². The zero-order chi connectivity index (χ0) is 23.8. The van der Waals surface area contributed by atoms with Crippen LogP contribution >= 0.6 is 0 Å². The van der Waals surface area contributed by atoms with E-state index >= 15 is 0 Å². The lowest BCUT2D eigenvalue weighted by atomic mass is 9.85. The van der Waals surface area contributed by atoms with Gasteiger partial charge in [-0.15, -0.1) is 0 Å². The number of allylic oxidation sites excluding steroid dienone is 2. The summed E-state index contributed by atoms with van der Waals surface area (Å²) in [5.74, 6) is -3.40. The average Bonchev–Trinajstić information content (AvgIpc) is 3.52. The van der Waals surface area contributed by atoms with E-state index in [1.54, 1.807) is 24.3 Å². The van der Waals surface area contributed by atoms with E-state index in [0.29, 0.717) is 5.69 Å². The summed E-state index contributed by atoms with van der Waals surface area (Å²) < 4.78 is 18.3. The second-order valence-corrected chi connectivity index (χ2v) is 8.91. The van der Waals surface area contributed by atoms with E-state index in [1.165, 1.54) is 24.3 Å². The Morgan fingerprint density at radius 3 is 2.21 bits per heavy atom. The molecule has 5 atom stereocenters. The van der Waals surface area contributed by atoms with Gasteiger partial charge in [-0.05, 0) is 48.1 Å². The van der Waals surface area contributed by atoms with Gasteiger partial charge in [-0.25, -0.2) is 9.18 Å². The maximum absolute atomic E-state index is 13.3. The van der Waals surface area contributed by atoms with Gasteiger partial charge in [0, 0.05) is 12.1 Å². The summed E-state index contributed by atoms with van der Waals surface area (Å²) in [5.41, 5.74) is 1.11. The van der Waals surface area contributed by atoms with E-state index in [9.17, 15) is 23.6 Å². The molecular weight excluding hydrogens is 439 g/mol. The maximum atomic E-state index is 13.3. The number of halogens is 1. The molecule has 2 fully saturated rings. The molecule has 0 aromatic heterocycles. The van der Waals surface area contributed by atoms with Crippen molar-refractivity contribution in [2.75, 3.05) is 11.9 Å². The molecule has 3 aliphatic rings. The Balaban J connectivity index is 1.31. The minimum Gasteiger partial charge on any atom is -0.454 e. The van der Waals surface area contributed by atoms with Crippen LogP contribution in [0.2, 0.25) is 0 Å². The first-order valence-electron chi connectivity index (χ1n) is 11.2. The smallest absolute Gasteiger partial charge is 0.330 e. The molecule has 0 radical (unpaired) electrons. The topological polar surface area (TPSA) is 92.8 Å². The molecule has 34 heavy (non-hydrogen) atoms. The molecule has 174 valence electrons. The van der Waals surface area contributed by atoms with E-state index in [2.05, 4.69) is 5.32 Å². The fraction of sp³-hybridized carbons (Fsp3) is 0.308. The summed E-state index contributed by atoms with van der Waals surface area (Å²) >= 11 is 0. The van der Waals surface area contributed by atoms with Crippen LogP contribution in [0.3, 0.4) is 0 Å². The summed E-state index contributed by atoms with van der Waals surface area (Å²) in [7, 11) is 0. The quantitative estimate of drug-likeness (QED) is 0.388. The van der Waals surface area contributed by atoms with Crippen LogP contribution < -0.4 is 5.32 Å². The van der Waals surface area contributed by atoms with Crippen LogP contribution in [0.1, 0.15) is 12.0 Å². The van der Waals surface area contributed by atoms with Gasteiger partial charge in [-0.1, -0.05) is 42.5 Å². The summed E-state index contributed by atoms with van der Waals surface area (Å²) in [6.07, 6.45) is 4.87. The van der Waals surface area contributed by atoms with Crippen molar-refractivity contribution in [3.8, 4) is 0 Å². The number of anilines is 1. The molecule has 1 saturated carbocycles. The van der Waals surface area contributed by atoms with E-state index in [0.717, 1.165) is 16.9 Å². The highest BCUT2D eigenvalue weighted by Crippen LogP contribution is 2.53. The Labute approximate surface area is 195 Å². The van der Waals surface area contributed by atoms with Crippen LogP contribution in [0.15, 0.2) is 66.7 Å². The molecule has 0 spiro atoms. The lowest BCUT2D eigenvalue weighted by molar-refractivity contribution is -0.160. The molecule has 1 heterocycles. The Hall–Kier alpha value is -3.81. The molecular formula is C26H23FN2O5. The van der Waals surface area contributed by atoms with Crippen molar-refractivity contribution in [1.82, 2.24) is 4.90 Å². The molecule has 3 amide bonds. The highest BCUT2D eigenvalue weighted by molar-refractivity contribution is 6.09. The molecule has 5 rings (SSSR count). The van der Waals surface area contributed by atoms with E-state index < -0.39 is 42.2 Å². The number of benzene rings is 2. The third kappa shape index (κ3) is 4.00. The molecule has 0 unspecified atom stereocenters. The Morgan fingerprint density at radius 1 is 0.971 bits per heavy atom. The summed E-state index contributed by atoms with van der Waals surface area (Å²) in [4.78, 5) is 53.0. The van der Waals surface area contributed by atoms with E-state index in [1.807, 2.05) is 18.2 Å². The number of hydrogen-bond acceptors (Lipinski definition) is 5. The molecule has 2 bridgehead atoms. The maximum Gasteiger partial charge on any atom is 0.330 e. The number of imide groups is 1. The number of esters is 1. The van der Waals surface area contributed by atoms with Gasteiger partial charge in [0.2, 0.25) is 11.8 Å². The molecule has 7 nitrogen and oxygen atoms in total. The third-order valence-corrected chi connectivity index (χ3v) is 6.83. The van der Waals surface area contributed by atoms with Crippen molar-refractivity contribution >= 4 is 29.4 Å². The van der Waals surface area contributed by atoms with Crippen LogP contribution in [-0.4, -0.2) is 41.2 Å². The lowest BCUT2D eigenvalue weighted by Crippen LogP contribution is -2.48. The van der Waals surface area contributed by atoms with E-state index in [4.69, 9.17) is 4.74 Å². The SMILES string of the molecule is O=C(COC(=O)[C@@H](Cc1ccccc1)N1C(=O)[C@@H]2[C@H](C1=O)[C@H]1C=C[C@H]2C1)Nc1ccc(F)cc1. The predicted molar refractivity (Wildman–Crippen MR) is 119 cm³/mol. The minimum absolute atomic E-state index is 0.0198. The molecule has 2 aromatic rings. The number of rotatable bonds is 7.